The van der Waals surface area contributed by atoms with Gasteiger partial charge in [-0.2, -0.15) is 17.5 Å². The molecule has 0 saturated heterocycles. The lowest BCUT2D eigenvalue weighted by molar-refractivity contribution is 0.374. The normalized spacial score (nSPS) is 13.5. The smallest absolute Gasteiger partial charge is 0.136 e. The molecular weight excluding hydrogens is 1610 g/mol. The van der Waals surface area contributed by atoms with Gasteiger partial charge in [-0.15, -0.1) is 0 Å². The number of hydrogen-bond acceptors (Lipinski definition) is 6. The molecule has 2 aromatic heterocycles. The van der Waals surface area contributed by atoms with Crippen molar-refractivity contribution in [2.75, 3.05) is 0 Å². The second-order valence-corrected chi connectivity index (χ2v) is 39.2. The summed E-state index contributed by atoms with van der Waals surface area (Å²) >= 11 is 7.45. The van der Waals surface area contributed by atoms with Crippen LogP contribution in [0.4, 0.5) is 8.78 Å². The van der Waals surface area contributed by atoms with E-state index in [9.17, 15) is 0 Å². The Hall–Kier alpha value is -1.38. The van der Waals surface area contributed by atoms with E-state index in [1.807, 2.05) is 0 Å². The number of nitrogens with zero attached hydrogens (tertiary/aromatic N) is 4. The van der Waals surface area contributed by atoms with E-state index in [2.05, 4.69) is 85.0 Å². The molecule has 0 amide bonds. The Balaban J connectivity index is 1.09. The predicted molar refractivity (Wildman–Crippen MR) is 500 cm³/mol. The van der Waals surface area contributed by atoms with Crippen molar-refractivity contribution >= 4 is 90.7 Å². The molecule has 2 aliphatic carbocycles. The van der Waals surface area contributed by atoms with Crippen LogP contribution in [0.15, 0.2) is 12.1 Å². The van der Waals surface area contributed by atoms with Crippen LogP contribution in [0.2, 0.25) is 0 Å². The van der Waals surface area contributed by atoms with Crippen LogP contribution in [0, 0.1) is 18.8 Å². The van der Waals surface area contributed by atoms with Crippen molar-refractivity contribution in [3.63, 3.8) is 0 Å². The zero-order valence-electron chi connectivity index (χ0n) is 72.0. The van der Waals surface area contributed by atoms with E-state index in [4.69, 9.17) is 17.5 Å². The number of rotatable bonds is 76. The summed E-state index contributed by atoms with van der Waals surface area (Å²) in [5.41, 5.74) is 8.15. The Morgan fingerprint density at radius 1 is 0.227 bits per heavy atom. The largest absolute Gasteiger partial charge is 0.206 e. The number of fused-ring (bicyclic) bond motifs is 10. The summed E-state index contributed by atoms with van der Waals surface area (Å²) in [6, 6.07) is 4.68. The van der Waals surface area contributed by atoms with Gasteiger partial charge in [-0.1, -0.05) is 490 Å². The summed E-state index contributed by atoms with van der Waals surface area (Å²) in [6.07, 6.45) is 99.1. The van der Waals surface area contributed by atoms with Crippen LogP contribution in [-0.2, 0) is 10.8 Å². The highest BCUT2D eigenvalue weighted by Crippen LogP contribution is 2.65. The van der Waals surface area contributed by atoms with E-state index in [-0.39, 0.29) is 11.6 Å². The Morgan fingerprint density at radius 2 is 0.382 bits per heavy atom. The minimum atomic E-state index is -0.693. The number of benzene rings is 3. The average molecular weight is 1780 g/mol. The molecule has 0 saturated carbocycles. The fourth-order valence-corrected chi connectivity index (χ4v) is 22.8. The van der Waals surface area contributed by atoms with Crippen LogP contribution in [0.5, 0.6) is 0 Å². The number of halogens is 4. The van der Waals surface area contributed by atoms with Crippen LogP contribution in [0.1, 0.15) is 538 Å². The molecule has 2 aliphatic rings. The molecule has 3 aromatic carbocycles. The van der Waals surface area contributed by atoms with Gasteiger partial charge >= 0.3 is 0 Å². The average Bonchev–Trinajstić information content (AvgIpc) is 1.50. The van der Waals surface area contributed by atoms with E-state index in [1.165, 1.54) is 434 Å². The summed E-state index contributed by atoms with van der Waals surface area (Å²) in [4.78, 5) is 0. The fourth-order valence-electron chi connectivity index (χ4n) is 20.0. The molecule has 0 atom stereocenters. The molecule has 626 valence electrons. The van der Waals surface area contributed by atoms with E-state index < -0.39 is 10.8 Å². The maximum atomic E-state index is 20.2. The van der Waals surface area contributed by atoms with Crippen molar-refractivity contribution in [3.05, 3.63) is 53.2 Å². The van der Waals surface area contributed by atoms with Crippen LogP contribution >= 0.6 is 68.6 Å². The monoisotopic (exact) mass is 1780 g/mol. The SMILES string of the molecule is CCCCCCCCCCCCCCCCCCCCC1(CCCCCCCCCCCCCCCCCCCC)c2cc(I)c3nsnc3c2-c2c(F)c3c(c(F)c21)-c1c(cc(I)c2nsnc12)C3(CCCCCCCCCCCCCCCCCCCC)CCCCCCCCCCCCCCCCCCCC. The second kappa shape index (κ2) is 60.1. The number of aromatic nitrogens is 4. The molecular formula is C100H166F2I2N4S2. The molecule has 7 rings (SSSR count). The lowest BCUT2D eigenvalue weighted by Gasteiger charge is -2.35. The first kappa shape index (κ1) is 95.8. The molecule has 0 fully saturated rings. The minimum Gasteiger partial charge on any atom is -0.206 e. The van der Waals surface area contributed by atoms with Gasteiger partial charge in [-0.3, -0.25) is 0 Å². The first-order valence-electron chi connectivity index (χ1n) is 48.8. The maximum Gasteiger partial charge on any atom is 0.136 e. The molecule has 110 heavy (non-hydrogen) atoms. The van der Waals surface area contributed by atoms with Crippen LogP contribution in [0.3, 0.4) is 0 Å². The zero-order chi connectivity index (χ0) is 77.6. The van der Waals surface area contributed by atoms with Crippen molar-refractivity contribution in [1.29, 1.82) is 0 Å². The first-order chi connectivity index (χ1) is 54.3. The van der Waals surface area contributed by atoms with Crippen LogP contribution in [0.25, 0.3) is 44.3 Å². The highest BCUT2D eigenvalue weighted by Gasteiger charge is 2.55. The number of unbranched alkanes of at least 4 members (excludes halogenated alkanes) is 68. The molecule has 5 aromatic rings. The van der Waals surface area contributed by atoms with E-state index >= 15 is 8.78 Å². The van der Waals surface area contributed by atoms with Gasteiger partial charge in [0.25, 0.3) is 0 Å². The molecule has 0 spiro atoms. The maximum absolute atomic E-state index is 20.2. The van der Waals surface area contributed by atoms with Crippen molar-refractivity contribution < 1.29 is 8.78 Å². The summed E-state index contributed by atoms with van der Waals surface area (Å²) in [7, 11) is 0. The minimum absolute atomic E-state index is 0.169. The molecule has 0 radical (unpaired) electrons. The summed E-state index contributed by atoms with van der Waals surface area (Å²) in [5.74, 6) is -0.337. The third-order valence-electron chi connectivity index (χ3n) is 26.7. The summed E-state index contributed by atoms with van der Waals surface area (Å²) in [6.45, 7) is 9.24. The molecule has 10 heteroatoms. The van der Waals surface area contributed by atoms with E-state index in [1.54, 1.807) is 0 Å². The highest BCUT2D eigenvalue weighted by molar-refractivity contribution is 14.1. The third kappa shape index (κ3) is 32.7. The van der Waals surface area contributed by atoms with E-state index in [0.717, 1.165) is 129 Å². The predicted octanol–water partition coefficient (Wildman–Crippen LogP) is 37.4. The first-order valence-corrected chi connectivity index (χ1v) is 52.4. The standard InChI is InChI=1S/C100H166F2I2N4S2/c1-5-9-13-17-21-25-29-33-37-41-45-49-53-57-61-65-69-73-77-99(78-74-70-66-62-58-54-50-46-42-38-34-30-26-22-18-14-10-6-2)83-81-85(103)95-97(107-109-105-95)87(83)89-91(99)93(101)90-88-84(82-86(104)96-98(88)108-110-106-96)100(92(90)94(89)102,79-75-71-67-63-59-55-51-47-43-39-35-31-27-23-19-15-11-7-3)80-76-72-68-64-60-56-52-48-44-40-36-32-28-24-20-16-12-8-4/h81-82H,5-80H2,1-4H3. The molecule has 2 heterocycles. The van der Waals surface area contributed by atoms with Gasteiger partial charge in [-0.25, -0.2) is 8.78 Å². The Labute approximate surface area is 712 Å². The number of hydrogen-bond donors (Lipinski definition) is 0. The second-order valence-electron chi connectivity index (χ2n) is 35.8. The molecule has 0 bridgehead atoms. The highest BCUT2D eigenvalue weighted by atomic mass is 127. The third-order valence-corrected chi connectivity index (χ3v) is 29.4. The quantitative estimate of drug-likeness (QED) is 0.0288. The summed E-state index contributed by atoms with van der Waals surface area (Å²) < 4.78 is 62.8. The lowest BCUT2D eigenvalue weighted by atomic mass is 9.68. The van der Waals surface area contributed by atoms with Crippen LogP contribution in [-0.4, -0.2) is 17.5 Å². The van der Waals surface area contributed by atoms with Gasteiger partial charge in [0.2, 0.25) is 0 Å². The van der Waals surface area contributed by atoms with Gasteiger partial charge in [-0.05, 0) is 94.1 Å². The van der Waals surface area contributed by atoms with Crippen molar-refractivity contribution in [2.45, 2.75) is 527 Å². The summed E-state index contributed by atoms with van der Waals surface area (Å²) in [5, 5.41) is 0. The zero-order valence-corrected chi connectivity index (χ0v) is 78.0. The molecule has 0 unspecified atom stereocenters. The van der Waals surface area contributed by atoms with Crippen LogP contribution < -0.4 is 0 Å². The van der Waals surface area contributed by atoms with Crippen molar-refractivity contribution in [2.24, 2.45) is 0 Å². The van der Waals surface area contributed by atoms with E-state index in [0.29, 0.717) is 22.3 Å². The molecule has 0 N–H and O–H groups in total. The topological polar surface area (TPSA) is 51.6 Å². The van der Waals surface area contributed by atoms with Gasteiger partial charge in [0.15, 0.2) is 0 Å². The fraction of sp³-hybridized carbons (Fsp3) is 0.820. The van der Waals surface area contributed by atoms with Crippen molar-refractivity contribution in [1.82, 2.24) is 17.5 Å². The Bertz CT molecular complexity index is 2850. The Morgan fingerprint density at radius 3 is 0.555 bits per heavy atom. The van der Waals surface area contributed by atoms with Gasteiger partial charge < -0.3 is 0 Å². The van der Waals surface area contributed by atoms with Gasteiger partial charge in [0, 0.05) is 51.4 Å². The van der Waals surface area contributed by atoms with Crippen molar-refractivity contribution in [3.8, 4) is 22.3 Å². The van der Waals surface area contributed by atoms with Gasteiger partial charge in [0.05, 0.1) is 23.5 Å². The van der Waals surface area contributed by atoms with Gasteiger partial charge in [0.1, 0.15) is 33.7 Å². The molecule has 0 aliphatic heterocycles. The lowest BCUT2D eigenvalue weighted by Crippen LogP contribution is -2.29. The molecule has 4 nitrogen and oxygen atoms in total. The Kier molecular flexibility index (Phi) is 52.4.